The summed E-state index contributed by atoms with van der Waals surface area (Å²) in [6.07, 6.45) is 3.22. The van der Waals surface area contributed by atoms with Gasteiger partial charge in [-0.1, -0.05) is 0 Å². The molecule has 2 amide bonds. The number of methoxy groups -OCH3 is 1. The van der Waals surface area contributed by atoms with E-state index in [1.54, 1.807) is 31.7 Å². The van der Waals surface area contributed by atoms with Crippen LogP contribution in [-0.4, -0.2) is 56.9 Å². The lowest BCUT2D eigenvalue weighted by Crippen LogP contribution is -2.36. The Morgan fingerprint density at radius 2 is 2.16 bits per heavy atom. The van der Waals surface area contributed by atoms with E-state index in [9.17, 15) is 4.79 Å². The Labute approximate surface area is 147 Å². The summed E-state index contributed by atoms with van der Waals surface area (Å²) in [6, 6.07) is 6.75. The molecule has 0 saturated carbocycles. The van der Waals surface area contributed by atoms with Crippen LogP contribution in [0.3, 0.4) is 0 Å². The summed E-state index contributed by atoms with van der Waals surface area (Å²) in [6.45, 7) is 1.19. The quantitative estimate of drug-likeness (QED) is 0.675. The number of hydrogen-bond donors (Lipinski definition) is 2. The van der Waals surface area contributed by atoms with E-state index in [4.69, 9.17) is 13.9 Å². The maximum atomic E-state index is 12.2. The molecule has 136 valence electrons. The van der Waals surface area contributed by atoms with Gasteiger partial charge in [0.2, 0.25) is 5.88 Å². The minimum Gasteiger partial charge on any atom is -0.474 e. The van der Waals surface area contributed by atoms with Crippen LogP contribution in [0.15, 0.2) is 41.1 Å². The van der Waals surface area contributed by atoms with Crippen molar-refractivity contribution in [2.45, 2.75) is 6.04 Å². The molecule has 1 atom stereocenters. The zero-order valence-electron chi connectivity index (χ0n) is 14.7. The van der Waals surface area contributed by atoms with E-state index in [1.807, 2.05) is 31.1 Å². The number of ether oxygens (including phenoxy) is 2. The number of rotatable bonds is 9. The molecule has 25 heavy (non-hydrogen) atoms. The van der Waals surface area contributed by atoms with Crippen LogP contribution in [-0.2, 0) is 4.74 Å². The number of nitrogens with zero attached hydrogens (tertiary/aromatic N) is 2. The number of anilines is 1. The molecular formula is C17H24N4O4. The predicted molar refractivity (Wildman–Crippen MR) is 93.8 cm³/mol. The van der Waals surface area contributed by atoms with Gasteiger partial charge in [-0.05, 0) is 38.4 Å². The van der Waals surface area contributed by atoms with Crippen molar-refractivity contribution in [2.24, 2.45) is 0 Å². The Balaban J connectivity index is 1.91. The Hall–Kier alpha value is -2.58. The number of pyridine rings is 1. The number of carbonyl (C=O) groups is 1. The summed E-state index contributed by atoms with van der Waals surface area (Å²) >= 11 is 0. The number of furan rings is 1. The minimum absolute atomic E-state index is 0.0629. The molecule has 2 rings (SSSR count). The predicted octanol–water partition coefficient (Wildman–Crippen LogP) is 2.12. The van der Waals surface area contributed by atoms with Crippen molar-refractivity contribution in [3.63, 3.8) is 0 Å². The van der Waals surface area contributed by atoms with E-state index in [1.165, 1.54) is 0 Å². The second kappa shape index (κ2) is 9.65. The summed E-state index contributed by atoms with van der Waals surface area (Å²) in [4.78, 5) is 18.3. The highest BCUT2D eigenvalue weighted by Crippen LogP contribution is 2.21. The maximum absolute atomic E-state index is 12.2. The monoisotopic (exact) mass is 348 g/mol. The third-order valence-electron chi connectivity index (χ3n) is 3.50. The van der Waals surface area contributed by atoms with E-state index in [-0.39, 0.29) is 12.1 Å². The van der Waals surface area contributed by atoms with Gasteiger partial charge in [0.1, 0.15) is 18.1 Å². The first-order valence-corrected chi connectivity index (χ1v) is 7.93. The summed E-state index contributed by atoms with van der Waals surface area (Å²) in [5.41, 5.74) is 0.496. The van der Waals surface area contributed by atoms with Gasteiger partial charge in [-0.3, -0.25) is 4.90 Å². The molecule has 2 heterocycles. The van der Waals surface area contributed by atoms with Crippen molar-refractivity contribution < 1.29 is 18.7 Å². The molecule has 8 nitrogen and oxygen atoms in total. The molecule has 0 fully saturated rings. The zero-order valence-corrected chi connectivity index (χ0v) is 14.7. The van der Waals surface area contributed by atoms with Crippen molar-refractivity contribution in [1.82, 2.24) is 15.2 Å². The van der Waals surface area contributed by atoms with Gasteiger partial charge in [0.25, 0.3) is 0 Å². The van der Waals surface area contributed by atoms with Gasteiger partial charge in [-0.25, -0.2) is 9.78 Å². The van der Waals surface area contributed by atoms with Crippen LogP contribution in [0.5, 0.6) is 5.88 Å². The van der Waals surface area contributed by atoms with Crippen LogP contribution in [0.4, 0.5) is 10.5 Å². The van der Waals surface area contributed by atoms with Crippen molar-refractivity contribution in [1.29, 1.82) is 0 Å². The lowest BCUT2D eigenvalue weighted by atomic mass is 10.2. The molecule has 0 aromatic carbocycles. The number of urea groups is 1. The Morgan fingerprint density at radius 1 is 1.32 bits per heavy atom. The highest BCUT2D eigenvalue weighted by molar-refractivity contribution is 5.90. The van der Waals surface area contributed by atoms with Gasteiger partial charge in [0, 0.05) is 19.9 Å². The molecule has 0 saturated heterocycles. The van der Waals surface area contributed by atoms with Crippen molar-refractivity contribution >= 4 is 11.7 Å². The molecule has 0 aliphatic carbocycles. The van der Waals surface area contributed by atoms with Gasteiger partial charge < -0.3 is 24.5 Å². The van der Waals surface area contributed by atoms with Gasteiger partial charge in [-0.15, -0.1) is 0 Å². The first kappa shape index (κ1) is 18.8. The van der Waals surface area contributed by atoms with Gasteiger partial charge in [-0.2, -0.15) is 0 Å². The number of hydrogen-bond acceptors (Lipinski definition) is 6. The highest BCUT2D eigenvalue weighted by Gasteiger charge is 2.18. The molecule has 0 bridgehead atoms. The van der Waals surface area contributed by atoms with E-state index >= 15 is 0 Å². The molecule has 0 spiro atoms. The van der Waals surface area contributed by atoms with Crippen LogP contribution < -0.4 is 15.4 Å². The van der Waals surface area contributed by atoms with Gasteiger partial charge in [0.15, 0.2) is 0 Å². The standard InChI is InChI=1S/C17H24N4O4/c1-21(2)14(15-7-5-9-24-15)12-19-17(22)20-13-6-4-8-18-16(13)25-11-10-23-3/h4-9,14H,10-12H2,1-3H3,(H2,19,20,22). The average Bonchev–Trinajstić information content (AvgIpc) is 3.11. The molecule has 0 radical (unpaired) electrons. The minimum atomic E-state index is -0.344. The lowest BCUT2D eigenvalue weighted by Gasteiger charge is -2.22. The first-order chi connectivity index (χ1) is 12.1. The van der Waals surface area contributed by atoms with Crippen molar-refractivity contribution in [3.05, 3.63) is 42.5 Å². The topological polar surface area (TPSA) is 88.9 Å². The molecule has 2 N–H and O–H groups in total. The Kier molecular flexibility index (Phi) is 7.24. The van der Waals surface area contributed by atoms with Crippen LogP contribution >= 0.6 is 0 Å². The third kappa shape index (κ3) is 5.77. The second-order valence-electron chi connectivity index (χ2n) is 5.53. The molecule has 1 unspecified atom stereocenters. The first-order valence-electron chi connectivity index (χ1n) is 7.93. The van der Waals surface area contributed by atoms with Gasteiger partial charge in [0.05, 0.1) is 18.9 Å². The van der Waals surface area contributed by atoms with Crippen LogP contribution in [0.2, 0.25) is 0 Å². The second-order valence-corrected chi connectivity index (χ2v) is 5.53. The molecule has 0 aliphatic heterocycles. The van der Waals surface area contributed by atoms with E-state index < -0.39 is 0 Å². The number of nitrogens with one attached hydrogen (secondary N) is 2. The fraction of sp³-hybridized carbons (Fsp3) is 0.412. The highest BCUT2D eigenvalue weighted by atomic mass is 16.5. The summed E-state index contributed by atoms with van der Waals surface area (Å²) < 4.78 is 15.9. The fourth-order valence-electron chi connectivity index (χ4n) is 2.20. The lowest BCUT2D eigenvalue weighted by molar-refractivity contribution is 0.144. The van der Waals surface area contributed by atoms with E-state index in [2.05, 4.69) is 15.6 Å². The summed E-state index contributed by atoms with van der Waals surface area (Å²) in [5.74, 6) is 1.14. The Morgan fingerprint density at radius 3 is 2.84 bits per heavy atom. The normalized spacial score (nSPS) is 12.0. The van der Waals surface area contributed by atoms with Crippen molar-refractivity contribution in [3.8, 4) is 5.88 Å². The maximum Gasteiger partial charge on any atom is 0.319 e. The number of carbonyl (C=O) groups excluding carboxylic acids is 1. The molecule has 0 aliphatic rings. The van der Waals surface area contributed by atoms with E-state index in [0.29, 0.717) is 31.3 Å². The smallest absolute Gasteiger partial charge is 0.319 e. The van der Waals surface area contributed by atoms with Gasteiger partial charge >= 0.3 is 6.03 Å². The van der Waals surface area contributed by atoms with Crippen molar-refractivity contribution in [2.75, 3.05) is 46.3 Å². The van der Waals surface area contributed by atoms with Crippen LogP contribution in [0.1, 0.15) is 11.8 Å². The molecular weight excluding hydrogens is 324 g/mol. The number of likely N-dealkylation sites (N-methyl/N-ethyl adjacent to an activating group) is 1. The number of amides is 2. The SMILES string of the molecule is COCCOc1ncccc1NC(=O)NCC(c1ccco1)N(C)C. The largest absolute Gasteiger partial charge is 0.474 e. The molecule has 2 aromatic heterocycles. The molecule has 8 heteroatoms. The fourth-order valence-corrected chi connectivity index (χ4v) is 2.20. The molecule has 2 aromatic rings. The average molecular weight is 348 g/mol. The summed E-state index contributed by atoms with van der Waals surface area (Å²) in [7, 11) is 5.44. The third-order valence-corrected chi connectivity index (χ3v) is 3.50. The Bertz CT molecular complexity index is 646. The number of aromatic nitrogens is 1. The zero-order chi connectivity index (χ0) is 18.1. The van der Waals surface area contributed by atoms with E-state index in [0.717, 1.165) is 5.76 Å². The van der Waals surface area contributed by atoms with Crippen LogP contribution in [0.25, 0.3) is 0 Å². The summed E-state index contributed by atoms with van der Waals surface area (Å²) in [5, 5.41) is 5.59. The van der Waals surface area contributed by atoms with Crippen LogP contribution in [0, 0.1) is 0 Å².